The molecule has 1 saturated heterocycles. The minimum Gasteiger partial charge on any atom is -0.314 e. The third-order valence-electron chi connectivity index (χ3n) is 4.89. The van der Waals surface area contributed by atoms with Gasteiger partial charge in [0.05, 0.1) is 0 Å². The molecule has 3 unspecified atom stereocenters. The molecule has 1 heterocycles. The zero-order valence-corrected chi connectivity index (χ0v) is 13.7. The first-order valence-corrected chi connectivity index (χ1v) is 8.83. The summed E-state index contributed by atoms with van der Waals surface area (Å²) in [5.41, 5.74) is 1.38. The van der Waals surface area contributed by atoms with Gasteiger partial charge in [-0.1, -0.05) is 40.9 Å². The molecule has 0 spiro atoms. The molecule has 1 aliphatic heterocycles. The summed E-state index contributed by atoms with van der Waals surface area (Å²) in [5, 5.41) is 7.56. The highest BCUT2D eigenvalue weighted by molar-refractivity contribution is 9.10. The Bertz CT molecular complexity index is 429. The Morgan fingerprint density at radius 2 is 2.10 bits per heavy atom. The Hall–Kier alpha value is -0.380. The Morgan fingerprint density at radius 3 is 2.90 bits per heavy atom. The van der Waals surface area contributed by atoms with E-state index in [1.54, 1.807) is 0 Å². The lowest BCUT2D eigenvalue weighted by Crippen LogP contribution is -2.46. The predicted molar refractivity (Wildman–Crippen MR) is 87.8 cm³/mol. The van der Waals surface area contributed by atoms with Crippen molar-refractivity contribution >= 4 is 15.9 Å². The fraction of sp³-hybridized carbons (Fsp3) is 0.647. The minimum atomic E-state index is 0.699. The first-order valence-electron chi connectivity index (χ1n) is 8.04. The summed E-state index contributed by atoms with van der Waals surface area (Å²) in [4.78, 5) is 0. The summed E-state index contributed by atoms with van der Waals surface area (Å²) in [7, 11) is 0. The van der Waals surface area contributed by atoms with E-state index >= 15 is 0 Å². The number of benzene rings is 1. The van der Waals surface area contributed by atoms with E-state index in [2.05, 4.69) is 50.8 Å². The molecule has 0 radical (unpaired) electrons. The number of hydrogen-bond acceptors (Lipinski definition) is 2. The summed E-state index contributed by atoms with van der Waals surface area (Å²) >= 11 is 3.55. The van der Waals surface area contributed by atoms with Gasteiger partial charge in [-0.2, -0.15) is 0 Å². The number of halogens is 1. The standard InChI is InChI=1S/C17H25BrN2/c18-14-6-3-5-13(11-14)12-20-17-9-4-7-15(17)16-8-1-2-10-19-16/h3,5-6,11,15-17,19-20H,1-2,4,7-10,12H2. The Labute approximate surface area is 130 Å². The zero-order valence-electron chi connectivity index (χ0n) is 12.1. The molecule has 3 atom stereocenters. The fourth-order valence-electron chi connectivity index (χ4n) is 3.86. The summed E-state index contributed by atoms with van der Waals surface area (Å²) in [6.07, 6.45) is 8.27. The van der Waals surface area contributed by atoms with Gasteiger partial charge < -0.3 is 10.6 Å². The van der Waals surface area contributed by atoms with Gasteiger partial charge in [-0.05, 0) is 55.8 Å². The van der Waals surface area contributed by atoms with E-state index in [9.17, 15) is 0 Å². The first kappa shape index (κ1) is 14.6. The zero-order chi connectivity index (χ0) is 13.8. The van der Waals surface area contributed by atoms with Crippen LogP contribution in [0.15, 0.2) is 28.7 Å². The number of nitrogens with one attached hydrogen (secondary N) is 2. The van der Waals surface area contributed by atoms with Crippen LogP contribution >= 0.6 is 15.9 Å². The molecule has 1 saturated carbocycles. The Balaban J connectivity index is 1.55. The SMILES string of the molecule is Brc1cccc(CNC2CCCC2C2CCCCN2)c1. The van der Waals surface area contributed by atoms with Crippen molar-refractivity contribution in [1.29, 1.82) is 0 Å². The van der Waals surface area contributed by atoms with Crippen molar-refractivity contribution in [2.75, 3.05) is 6.54 Å². The Kier molecular flexibility index (Phi) is 5.14. The van der Waals surface area contributed by atoms with Crippen molar-refractivity contribution in [3.05, 3.63) is 34.3 Å². The molecule has 3 rings (SSSR count). The van der Waals surface area contributed by atoms with Gasteiger partial charge in [0.15, 0.2) is 0 Å². The van der Waals surface area contributed by atoms with Gasteiger partial charge in [0, 0.05) is 23.1 Å². The third kappa shape index (κ3) is 3.63. The molecule has 0 aromatic heterocycles. The van der Waals surface area contributed by atoms with Gasteiger partial charge in [-0.15, -0.1) is 0 Å². The summed E-state index contributed by atoms with van der Waals surface area (Å²) in [6.45, 7) is 2.22. The highest BCUT2D eigenvalue weighted by Gasteiger charge is 2.33. The van der Waals surface area contributed by atoms with E-state index in [-0.39, 0.29) is 0 Å². The van der Waals surface area contributed by atoms with Crippen molar-refractivity contribution in [3.8, 4) is 0 Å². The van der Waals surface area contributed by atoms with E-state index in [0.717, 1.165) is 18.5 Å². The molecule has 1 aromatic carbocycles. The van der Waals surface area contributed by atoms with Crippen LogP contribution in [0.3, 0.4) is 0 Å². The molecular weight excluding hydrogens is 312 g/mol. The van der Waals surface area contributed by atoms with Crippen molar-refractivity contribution < 1.29 is 0 Å². The third-order valence-corrected chi connectivity index (χ3v) is 5.39. The van der Waals surface area contributed by atoms with Crippen molar-refractivity contribution in [1.82, 2.24) is 10.6 Å². The topological polar surface area (TPSA) is 24.1 Å². The molecule has 2 fully saturated rings. The van der Waals surface area contributed by atoms with E-state index in [0.29, 0.717) is 6.04 Å². The average molecular weight is 337 g/mol. The monoisotopic (exact) mass is 336 g/mol. The van der Waals surface area contributed by atoms with Crippen molar-refractivity contribution in [2.24, 2.45) is 5.92 Å². The number of hydrogen-bond donors (Lipinski definition) is 2. The van der Waals surface area contributed by atoms with Gasteiger partial charge >= 0.3 is 0 Å². The van der Waals surface area contributed by atoms with Gasteiger partial charge in [0.2, 0.25) is 0 Å². The van der Waals surface area contributed by atoms with Crippen LogP contribution in [-0.4, -0.2) is 18.6 Å². The number of rotatable bonds is 4. The maximum Gasteiger partial charge on any atom is 0.0208 e. The van der Waals surface area contributed by atoms with Gasteiger partial charge in [0.1, 0.15) is 0 Å². The smallest absolute Gasteiger partial charge is 0.0208 e. The maximum absolute atomic E-state index is 3.81. The molecule has 0 amide bonds. The average Bonchev–Trinajstić information content (AvgIpc) is 2.95. The lowest BCUT2D eigenvalue weighted by Gasteiger charge is -2.33. The quantitative estimate of drug-likeness (QED) is 0.872. The largest absolute Gasteiger partial charge is 0.314 e. The molecule has 2 nitrogen and oxygen atoms in total. The van der Waals surface area contributed by atoms with Crippen LogP contribution in [0.2, 0.25) is 0 Å². The second-order valence-corrected chi connectivity index (χ2v) is 7.18. The van der Waals surface area contributed by atoms with Gasteiger partial charge in [-0.3, -0.25) is 0 Å². The van der Waals surface area contributed by atoms with Crippen molar-refractivity contribution in [3.63, 3.8) is 0 Å². The number of piperidine rings is 1. The normalized spacial score (nSPS) is 30.6. The van der Waals surface area contributed by atoms with Crippen LogP contribution in [0.1, 0.15) is 44.1 Å². The van der Waals surface area contributed by atoms with Crippen LogP contribution in [0.5, 0.6) is 0 Å². The molecule has 1 aliphatic carbocycles. The van der Waals surface area contributed by atoms with E-state index in [4.69, 9.17) is 0 Å². The van der Waals surface area contributed by atoms with Gasteiger partial charge in [-0.25, -0.2) is 0 Å². The van der Waals surface area contributed by atoms with E-state index < -0.39 is 0 Å². The second-order valence-electron chi connectivity index (χ2n) is 6.27. The molecule has 1 aromatic rings. The molecule has 2 N–H and O–H groups in total. The fourth-order valence-corrected chi connectivity index (χ4v) is 4.31. The van der Waals surface area contributed by atoms with Crippen molar-refractivity contribution in [2.45, 2.75) is 57.2 Å². The molecule has 110 valence electrons. The first-order chi connectivity index (χ1) is 9.83. The second kappa shape index (κ2) is 7.06. The highest BCUT2D eigenvalue weighted by Crippen LogP contribution is 2.32. The van der Waals surface area contributed by atoms with Crippen LogP contribution in [-0.2, 0) is 6.54 Å². The molecule has 3 heteroatoms. The lowest BCUT2D eigenvalue weighted by atomic mass is 9.88. The maximum atomic E-state index is 3.81. The molecular formula is C17H25BrN2. The molecule has 0 bridgehead atoms. The molecule has 2 aliphatic rings. The van der Waals surface area contributed by atoms with E-state index in [1.807, 2.05) is 0 Å². The van der Waals surface area contributed by atoms with Crippen LogP contribution < -0.4 is 10.6 Å². The highest BCUT2D eigenvalue weighted by atomic mass is 79.9. The molecule has 20 heavy (non-hydrogen) atoms. The van der Waals surface area contributed by atoms with Crippen LogP contribution in [0.4, 0.5) is 0 Å². The predicted octanol–water partition coefficient (Wildman–Crippen LogP) is 3.85. The summed E-state index contributed by atoms with van der Waals surface area (Å²) in [5.74, 6) is 0.836. The Morgan fingerprint density at radius 1 is 1.15 bits per heavy atom. The van der Waals surface area contributed by atoms with E-state index in [1.165, 1.54) is 55.1 Å². The summed E-state index contributed by atoms with van der Waals surface area (Å²) in [6, 6.07) is 10.1. The lowest BCUT2D eigenvalue weighted by molar-refractivity contribution is 0.257. The minimum absolute atomic E-state index is 0.699. The summed E-state index contributed by atoms with van der Waals surface area (Å²) < 4.78 is 1.17. The van der Waals surface area contributed by atoms with Gasteiger partial charge in [0.25, 0.3) is 0 Å². The van der Waals surface area contributed by atoms with Crippen LogP contribution in [0, 0.1) is 5.92 Å². The van der Waals surface area contributed by atoms with Crippen LogP contribution in [0.25, 0.3) is 0 Å².